The Hall–Kier alpha value is -1.06. The number of nitrogens with zero attached hydrogens (tertiary/aromatic N) is 5. The van der Waals surface area contributed by atoms with Crippen LogP contribution in [0.4, 0.5) is 0 Å². The Kier molecular flexibility index (Phi) is 4.25. The fraction of sp³-hybridized carbons (Fsp3) is 0.750. The van der Waals surface area contributed by atoms with Gasteiger partial charge in [-0.1, -0.05) is 11.6 Å². The minimum absolute atomic E-state index is 0.0829. The SMILES string of the molecule is CN1COCN(CC2C=NC(Cl)S2)C1=N[N+](=O)[O-]. The molecule has 100 valence electrons. The highest BCUT2D eigenvalue weighted by atomic mass is 35.5. The predicted molar refractivity (Wildman–Crippen MR) is 69.2 cm³/mol. The van der Waals surface area contributed by atoms with Gasteiger partial charge in [-0.25, -0.2) is 10.1 Å². The van der Waals surface area contributed by atoms with Crippen molar-refractivity contribution in [1.82, 2.24) is 9.80 Å². The minimum Gasteiger partial charge on any atom is -0.341 e. The maximum atomic E-state index is 10.5. The fourth-order valence-corrected chi connectivity index (χ4v) is 2.97. The molecule has 0 saturated carbocycles. The smallest absolute Gasteiger partial charge is 0.277 e. The molecule has 0 aromatic rings. The highest BCUT2D eigenvalue weighted by Gasteiger charge is 2.29. The summed E-state index contributed by atoms with van der Waals surface area (Å²) >= 11 is 7.32. The van der Waals surface area contributed by atoms with Gasteiger partial charge in [-0.3, -0.25) is 4.99 Å². The summed E-state index contributed by atoms with van der Waals surface area (Å²) in [5.74, 6) is 0.290. The van der Waals surface area contributed by atoms with Crippen LogP contribution in [0.2, 0.25) is 0 Å². The Labute approximate surface area is 113 Å². The van der Waals surface area contributed by atoms with Crippen molar-refractivity contribution in [1.29, 1.82) is 0 Å². The summed E-state index contributed by atoms with van der Waals surface area (Å²) in [6.07, 6.45) is 1.75. The van der Waals surface area contributed by atoms with E-state index in [0.29, 0.717) is 12.5 Å². The molecule has 2 rings (SSSR count). The monoisotopic (exact) mass is 293 g/mol. The first-order chi connectivity index (χ1) is 8.56. The van der Waals surface area contributed by atoms with Crippen molar-refractivity contribution in [2.24, 2.45) is 10.1 Å². The number of alkyl halides is 1. The molecule has 0 radical (unpaired) electrons. The number of ether oxygens (including phenoxy) is 1. The number of nitro groups is 1. The molecule has 2 heterocycles. The van der Waals surface area contributed by atoms with Crippen LogP contribution >= 0.6 is 23.4 Å². The highest BCUT2D eigenvalue weighted by molar-refractivity contribution is 8.02. The molecule has 1 saturated heterocycles. The molecule has 18 heavy (non-hydrogen) atoms. The van der Waals surface area contributed by atoms with Gasteiger partial charge in [0.05, 0.1) is 5.25 Å². The van der Waals surface area contributed by atoms with Crippen LogP contribution in [0.1, 0.15) is 0 Å². The predicted octanol–water partition coefficient (Wildman–Crippen LogP) is 0.422. The maximum absolute atomic E-state index is 10.5. The minimum atomic E-state index is -0.704. The fourth-order valence-electron chi connectivity index (χ4n) is 1.68. The van der Waals surface area contributed by atoms with E-state index in [2.05, 4.69) is 10.1 Å². The second kappa shape index (κ2) is 5.72. The molecule has 2 aliphatic heterocycles. The third-order valence-corrected chi connectivity index (χ3v) is 3.77. The van der Waals surface area contributed by atoms with Crippen LogP contribution in [-0.4, -0.2) is 64.1 Å². The lowest BCUT2D eigenvalue weighted by Gasteiger charge is -2.35. The van der Waals surface area contributed by atoms with Gasteiger partial charge in [0.2, 0.25) is 0 Å². The second-order valence-corrected chi connectivity index (χ2v) is 5.78. The van der Waals surface area contributed by atoms with E-state index in [1.807, 2.05) is 0 Å². The zero-order valence-electron chi connectivity index (χ0n) is 9.60. The quantitative estimate of drug-likeness (QED) is 0.325. The van der Waals surface area contributed by atoms with Crippen molar-refractivity contribution < 1.29 is 9.77 Å². The van der Waals surface area contributed by atoms with Crippen LogP contribution in [0, 0.1) is 10.1 Å². The van der Waals surface area contributed by atoms with Gasteiger partial charge in [-0.15, -0.1) is 11.8 Å². The summed E-state index contributed by atoms with van der Waals surface area (Å²) in [5.41, 5.74) is 0. The van der Waals surface area contributed by atoms with E-state index in [0.717, 1.165) is 0 Å². The maximum Gasteiger partial charge on any atom is 0.277 e. The summed E-state index contributed by atoms with van der Waals surface area (Å²) in [6, 6.07) is 0. The Balaban J connectivity index is 2.04. The van der Waals surface area contributed by atoms with E-state index in [1.54, 1.807) is 23.1 Å². The van der Waals surface area contributed by atoms with E-state index in [-0.39, 0.29) is 23.5 Å². The van der Waals surface area contributed by atoms with Gasteiger partial charge in [0, 0.05) is 19.8 Å². The number of hydrogen-bond acceptors (Lipinski definition) is 5. The summed E-state index contributed by atoms with van der Waals surface area (Å²) in [4.78, 5) is 17.6. The van der Waals surface area contributed by atoms with Crippen LogP contribution < -0.4 is 0 Å². The summed E-state index contributed by atoms with van der Waals surface area (Å²) in [7, 11) is 1.69. The zero-order chi connectivity index (χ0) is 13.1. The summed E-state index contributed by atoms with van der Waals surface area (Å²) in [6.45, 7) is 1.08. The summed E-state index contributed by atoms with van der Waals surface area (Å²) < 4.78 is 5.30. The third-order valence-electron chi connectivity index (χ3n) is 2.38. The number of halogens is 1. The van der Waals surface area contributed by atoms with Crippen molar-refractivity contribution in [2.45, 2.75) is 10.1 Å². The zero-order valence-corrected chi connectivity index (χ0v) is 11.2. The molecule has 2 aliphatic rings. The molecule has 0 aliphatic carbocycles. The number of hydrogen-bond donors (Lipinski definition) is 0. The molecule has 0 N–H and O–H groups in total. The van der Waals surface area contributed by atoms with Gasteiger partial charge in [0.25, 0.3) is 5.96 Å². The van der Waals surface area contributed by atoms with Gasteiger partial charge >= 0.3 is 0 Å². The Bertz CT molecular complexity index is 393. The number of guanidine groups is 1. The number of thioether (sulfide) groups is 1. The molecule has 0 aromatic heterocycles. The largest absolute Gasteiger partial charge is 0.341 e. The van der Waals surface area contributed by atoms with Gasteiger partial charge in [0.1, 0.15) is 18.6 Å². The van der Waals surface area contributed by atoms with E-state index in [9.17, 15) is 10.1 Å². The molecule has 1 fully saturated rings. The number of aliphatic imine (C=N–C) groups is 1. The first-order valence-electron chi connectivity index (χ1n) is 5.16. The average Bonchev–Trinajstić information content (AvgIpc) is 2.69. The molecule has 2 unspecified atom stereocenters. The molecule has 8 nitrogen and oxygen atoms in total. The van der Waals surface area contributed by atoms with Crippen LogP contribution in [0.3, 0.4) is 0 Å². The standard InChI is InChI=1S/C8H12ClN5O3S/c1-12-4-17-5-13(8(12)11-14(15)16)3-6-2-10-7(9)18-6/h2,6-7H,3-5H2,1H3. The summed E-state index contributed by atoms with van der Waals surface area (Å²) in [5, 5.41) is 13.3. The number of hydrazone groups is 1. The van der Waals surface area contributed by atoms with E-state index < -0.39 is 5.03 Å². The molecular weight excluding hydrogens is 282 g/mol. The second-order valence-electron chi connectivity index (χ2n) is 3.79. The Morgan fingerprint density at radius 1 is 1.78 bits per heavy atom. The van der Waals surface area contributed by atoms with Crippen molar-refractivity contribution in [3.8, 4) is 0 Å². The molecule has 0 aromatic carbocycles. The van der Waals surface area contributed by atoms with Crippen LogP contribution in [0.15, 0.2) is 10.1 Å². The van der Waals surface area contributed by atoms with Crippen molar-refractivity contribution in [3.05, 3.63) is 10.1 Å². The molecule has 0 spiro atoms. The van der Waals surface area contributed by atoms with Crippen LogP contribution in [0.5, 0.6) is 0 Å². The number of rotatable bonds is 3. The lowest BCUT2D eigenvalue weighted by atomic mass is 10.4. The molecule has 2 atom stereocenters. The lowest BCUT2D eigenvalue weighted by molar-refractivity contribution is -0.486. The first-order valence-corrected chi connectivity index (χ1v) is 6.54. The van der Waals surface area contributed by atoms with Crippen molar-refractivity contribution in [3.63, 3.8) is 0 Å². The van der Waals surface area contributed by atoms with Gasteiger partial charge in [-0.05, 0) is 0 Å². The van der Waals surface area contributed by atoms with Crippen molar-refractivity contribution >= 4 is 35.5 Å². The van der Waals surface area contributed by atoms with E-state index in [4.69, 9.17) is 16.3 Å². The van der Waals surface area contributed by atoms with Gasteiger partial charge < -0.3 is 14.5 Å². The van der Waals surface area contributed by atoms with Crippen LogP contribution in [-0.2, 0) is 4.74 Å². The first kappa shape index (κ1) is 13.4. The van der Waals surface area contributed by atoms with Gasteiger partial charge in [0.15, 0.2) is 9.87 Å². The molecule has 0 bridgehead atoms. The Morgan fingerprint density at radius 2 is 2.56 bits per heavy atom. The van der Waals surface area contributed by atoms with Crippen molar-refractivity contribution in [2.75, 3.05) is 27.1 Å². The lowest BCUT2D eigenvalue weighted by Crippen LogP contribution is -2.52. The molecule has 0 amide bonds. The van der Waals surface area contributed by atoms with E-state index in [1.165, 1.54) is 11.8 Å². The molecule has 10 heteroatoms. The third kappa shape index (κ3) is 3.24. The average molecular weight is 294 g/mol. The normalized spacial score (nSPS) is 30.2. The Morgan fingerprint density at radius 3 is 3.17 bits per heavy atom. The van der Waals surface area contributed by atoms with Crippen LogP contribution in [0.25, 0.3) is 0 Å². The highest BCUT2D eigenvalue weighted by Crippen LogP contribution is 2.27. The van der Waals surface area contributed by atoms with Gasteiger partial charge in [-0.2, -0.15) is 0 Å². The topological polar surface area (TPSA) is 83.6 Å². The van der Waals surface area contributed by atoms with E-state index >= 15 is 0 Å². The molecular formula is C8H12ClN5O3S.